The molecule has 1 aromatic rings. The molecular weight excluding hydrogens is 294 g/mol. The fourth-order valence-corrected chi connectivity index (χ4v) is 2.18. The fourth-order valence-electron chi connectivity index (χ4n) is 2.05. The minimum Gasteiger partial charge on any atom is -0.482 e. The Morgan fingerprint density at radius 1 is 1.38 bits per heavy atom. The van der Waals surface area contributed by atoms with E-state index in [1.54, 1.807) is 24.3 Å². The van der Waals surface area contributed by atoms with Gasteiger partial charge in [-0.15, -0.1) is 0 Å². The van der Waals surface area contributed by atoms with Crippen LogP contribution in [0.1, 0.15) is 19.3 Å². The summed E-state index contributed by atoms with van der Waals surface area (Å²) in [5.41, 5.74) is 0. The molecule has 0 aliphatic carbocycles. The van der Waals surface area contributed by atoms with E-state index in [4.69, 9.17) is 26.6 Å². The van der Waals surface area contributed by atoms with Gasteiger partial charge in [-0.25, -0.2) is 4.79 Å². The summed E-state index contributed by atoms with van der Waals surface area (Å²) in [6.45, 7) is 1.16. The Balaban J connectivity index is 0.000000219. The molecule has 6 heteroatoms. The molecule has 5 nitrogen and oxygen atoms in total. The zero-order valence-corrected chi connectivity index (χ0v) is 12.9. The van der Waals surface area contributed by atoms with Crippen molar-refractivity contribution in [3.8, 4) is 5.75 Å². The third-order valence-corrected chi connectivity index (χ3v) is 3.56. The van der Waals surface area contributed by atoms with Gasteiger partial charge in [0.05, 0.1) is 6.61 Å². The van der Waals surface area contributed by atoms with E-state index in [-0.39, 0.29) is 6.61 Å². The van der Waals surface area contributed by atoms with Crippen molar-refractivity contribution in [2.24, 2.45) is 0 Å². The van der Waals surface area contributed by atoms with Crippen LogP contribution in [0.4, 0.5) is 0 Å². The third kappa shape index (κ3) is 7.32. The van der Waals surface area contributed by atoms with Crippen LogP contribution in [-0.4, -0.2) is 53.9 Å². The highest BCUT2D eigenvalue weighted by Gasteiger charge is 2.16. The summed E-state index contributed by atoms with van der Waals surface area (Å²) < 4.78 is 4.86. The Labute approximate surface area is 130 Å². The van der Waals surface area contributed by atoms with Gasteiger partial charge in [0.1, 0.15) is 5.75 Å². The largest absolute Gasteiger partial charge is 0.482 e. The monoisotopic (exact) mass is 315 g/mol. The summed E-state index contributed by atoms with van der Waals surface area (Å²) in [6, 6.07) is 6.95. The number of likely N-dealkylation sites (N-methyl/N-ethyl adjacent to an activating group) is 1. The van der Waals surface area contributed by atoms with Crippen molar-refractivity contribution in [2.45, 2.75) is 25.3 Å². The number of aliphatic hydroxyl groups is 1. The summed E-state index contributed by atoms with van der Waals surface area (Å²) in [5.74, 6) is -0.494. The predicted octanol–water partition coefficient (Wildman–Crippen LogP) is 2.27. The number of hydrogen-bond acceptors (Lipinski definition) is 4. The lowest BCUT2D eigenvalue weighted by Gasteiger charge is -2.30. The first-order chi connectivity index (χ1) is 10.0. The lowest BCUT2D eigenvalue weighted by Crippen LogP contribution is -2.38. The third-order valence-electron chi connectivity index (χ3n) is 3.31. The molecule has 1 aromatic carbocycles. The fraction of sp³-hybridized carbons (Fsp3) is 0.533. The van der Waals surface area contributed by atoms with E-state index in [1.165, 1.54) is 19.3 Å². The van der Waals surface area contributed by atoms with Crippen LogP contribution in [0.15, 0.2) is 24.3 Å². The summed E-state index contributed by atoms with van der Waals surface area (Å²) >= 11 is 5.60. The van der Waals surface area contributed by atoms with Gasteiger partial charge in [-0.1, -0.05) is 18.0 Å². The van der Waals surface area contributed by atoms with Crippen molar-refractivity contribution in [1.82, 2.24) is 4.90 Å². The summed E-state index contributed by atoms with van der Waals surface area (Å²) in [7, 11) is 2.08. The van der Waals surface area contributed by atoms with Gasteiger partial charge in [0.25, 0.3) is 0 Å². The van der Waals surface area contributed by atoms with Gasteiger partial charge < -0.3 is 19.8 Å². The number of carboxylic acids is 1. The lowest BCUT2D eigenvalue weighted by molar-refractivity contribution is -0.139. The van der Waals surface area contributed by atoms with Gasteiger partial charge in [0.15, 0.2) is 6.61 Å². The minimum atomic E-state index is -0.995. The topological polar surface area (TPSA) is 70.0 Å². The number of carbonyl (C=O) groups is 1. The first-order valence-electron chi connectivity index (χ1n) is 6.94. The number of piperidine rings is 1. The molecule has 1 aliphatic heterocycles. The van der Waals surface area contributed by atoms with Gasteiger partial charge in [-0.3, -0.25) is 0 Å². The second-order valence-corrected chi connectivity index (χ2v) is 5.39. The van der Waals surface area contributed by atoms with Crippen molar-refractivity contribution in [3.63, 3.8) is 0 Å². The van der Waals surface area contributed by atoms with Crippen LogP contribution in [0.2, 0.25) is 5.02 Å². The zero-order valence-electron chi connectivity index (χ0n) is 12.2. The molecule has 2 rings (SSSR count). The first kappa shape index (κ1) is 17.8. The maximum Gasteiger partial charge on any atom is 0.341 e. The number of aliphatic hydroxyl groups excluding tert-OH is 1. The first-order valence-corrected chi connectivity index (χ1v) is 7.32. The number of likely N-dealkylation sites (tertiary alicyclic amines) is 1. The van der Waals surface area contributed by atoms with Crippen molar-refractivity contribution in [1.29, 1.82) is 0 Å². The van der Waals surface area contributed by atoms with Crippen LogP contribution in [0.3, 0.4) is 0 Å². The van der Waals surface area contributed by atoms with E-state index < -0.39 is 5.97 Å². The molecule has 1 fully saturated rings. The molecule has 1 aliphatic rings. The summed E-state index contributed by atoms with van der Waals surface area (Å²) in [5, 5.41) is 17.7. The molecule has 0 amide bonds. The second kappa shape index (κ2) is 9.60. The Hall–Kier alpha value is -1.30. The number of carboxylic acid groups (broad SMARTS) is 1. The predicted molar refractivity (Wildman–Crippen MR) is 81.9 cm³/mol. The van der Waals surface area contributed by atoms with Crippen molar-refractivity contribution < 1.29 is 19.7 Å². The molecule has 21 heavy (non-hydrogen) atoms. The van der Waals surface area contributed by atoms with E-state index in [0.717, 1.165) is 6.54 Å². The van der Waals surface area contributed by atoms with Gasteiger partial charge in [-0.05, 0) is 50.7 Å². The van der Waals surface area contributed by atoms with E-state index in [2.05, 4.69) is 11.9 Å². The summed E-state index contributed by atoms with van der Waals surface area (Å²) in [6.07, 6.45) is 3.76. The normalized spacial score (nSPS) is 18.5. The molecule has 0 radical (unpaired) electrons. The molecule has 1 atom stereocenters. The quantitative estimate of drug-likeness (QED) is 0.892. The van der Waals surface area contributed by atoms with E-state index in [9.17, 15) is 4.79 Å². The van der Waals surface area contributed by atoms with Crippen LogP contribution >= 0.6 is 11.6 Å². The Morgan fingerprint density at radius 2 is 2.05 bits per heavy atom. The molecule has 0 spiro atoms. The van der Waals surface area contributed by atoms with E-state index in [1.807, 2.05) is 0 Å². The molecule has 2 N–H and O–H groups in total. The van der Waals surface area contributed by atoms with Crippen LogP contribution in [0.5, 0.6) is 5.75 Å². The van der Waals surface area contributed by atoms with Crippen LogP contribution in [0.25, 0.3) is 0 Å². The molecule has 0 bridgehead atoms. The van der Waals surface area contributed by atoms with Crippen LogP contribution in [-0.2, 0) is 4.79 Å². The molecule has 1 saturated heterocycles. The van der Waals surface area contributed by atoms with Gasteiger partial charge in [0.2, 0.25) is 0 Å². The van der Waals surface area contributed by atoms with E-state index in [0.29, 0.717) is 23.4 Å². The molecule has 1 unspecified atom stereocenters. The number of halogens is 1. The smallest absolute Gasteiger partial charge is 0.341 e. The number of aliphatic carboxylic acids is 1. The van der Waals surface area contributed by atoms with Crippen molar-refractivity contribution in [3.05, 3.63) is 29.3 Å². The second-order valence-electron chi connectivity index (χ2n) is 4.95. The van der Waals surface area contributed by atoms with Gasteiger partial charge in [-0.2, -0.15) is 0 Å². The zero-order chi connectivity index (χ0) is 15.7. The molecule has 0 aromatic heterocycles. The summed E-state index contributed by atoms with van der Waals surface area (Å²) in [4.78, 5) is 12.3. The number of nitrogens with zero attached hydrogens (tertiary/aromatic N) is 1. The SMILES string of the molecule is CN1CCCCC1CO.O=C(O)COc1ccc(Cl)cc1. The Kier molecular flexibility index (Phi) is 8.12. The van der Waals surface area contributed by atoms with Crippen molar-refractivity contribution >= 4 is 17.6 Å². The Morgan fingerprint density at radius 3 is 2.52 bits per heavy atom. The van der Waals surface area contributed by atoms with E-state index >= 15 is 0 Å². The number of benzene rings is 1. The van der Waals surface area contributed by atoms with Gasteiger partial charge in [0, 0.05) is 11.1 Å². The highest BCUT2D eigenvalue weighted by molar-refractivity contribution is 6.30. The Bertz CT molecular complexity index is 424. The average molecular weight is 316 g/mol. The molecule has 1 heterocycles. The highest BCUT2D eigenvalue weighted by Crippen LogP contribution is 2.15. The van der Waals surface area contributed by atoms with Gasteiger partial charge >= 0.3 is 5.97 Å². The van der Waals surface area contributed by atoms with Crippen molar-refractivity contribution in [2.75, 3.05) is 26.8 Å². The number of ether oxygens (including phenoxy) is 1. The maximum atomic E-state index is 10.1. The molecule has 118 valence electrons. The minimum absolute atomic E-state index is 0.330. The maximum absolute atomic E-state index is 10.1. The molecule has 0 saturated carbocycles. The lowest BCUT2D eigenvalue weighted by atomic mass is 10.0. The van der Waals surface area contributed by atoms with Crippen LogP contribution < -0.4 is 4.74 Å². The highest BCUT2D eigenvalue weighted by atomic mass is 35.5. The number of rotatable bonds is 4. The average Bonchev–Trinajstić information content (AvgIpc) is 2.48. The number of hydrogen-bond donors (Lipinski definition) is 2. The molecular formula is C15H22ClNO4. The van der Waals surface area contributed by atoms with Crippen LogP contribution in [0, 0.1) is 0 Å². The standard InChI is InChI=1S/C8H7ClO3.C7H15NO/c9-6-1-3-7(4-2-6)12-5-8(10)11;1-8-5-3-2-4-7(8)6-9/h1-4H,5H2,(H,10,11);7,9H,2-6H2,1H3.